The number of hydrogen-bond acceptors (Lipinski definition) is 1. The molecule has 0 aliphatic heterocycles. The molecule has 1 aliphatic rings. The smallest absolute Gasteiger partial charge is 0.245 e. The molecule has 0 aromatic carbocycles. The molecule has 2 nitrogen and oxygen atoms in total. The maximum atomic E-state index is 11.4. The van der Waals surface area contributed by atoms with E-state index in [1.807, 2.05) is 11.9 Å². The standard InChI is InChI=1S/C12H21NO/c1-3-12(14)13(2)11-9-7-5-4-6-8-10-11/h3,11H,1,4-10H2,2H3. The Labute approximate surface area is 87.0 Å². The largest absolute Gasteiger partial charge is 0.339 e. The Hall–Kier alpha value is -0.790. The molecule has 0 aromatic rings. The molecule has 0 saturated heterocycles. The third-order valence-corrected chi connectivity index (χ3v) is 3.14. The van der Waals surface area contributed by atoms with Crippen LogP contribution in [0.4, 0.5) is 0 Å². The van der Waals surface area contributed by atoms with Gasteiger partial charge in [-0.15, -0.1) is 0 Å². The number of carbonyl (C=O) groups excluding carboxylic acids is 1. The van der Waals surface area contributed by atoms with Crippen LogP contribution in [0, 0.1) is 0 Å². The van der Waals surface area contributed by atoms with Gasteiger partial charge in [0.15, 0.2) is 0 Å². The number of rotatable bonds is 2. The summed E-state index contributed by atoms with van der Waals surface area (Å²) in [6.45, 7) is 3.53. The molecule has 0 aromatic heterocycles. The lowest BCUT2D eigenvalue weighted by Gasteiger charge is -2.28. The molecule has 80 valence electrons. The molecule has 2 heteroatoms. The van der Waals surface area contributed by atoms with E-state index in [4.69, 9.17) is 0 Å². The van der Waals surface area contributed by atoms with Gasteiger partial charge in [-0.1, -0.05) is 38.7 Å². The molecule has 0 unspecified atom stereocenters. The number of carbonyl (C=O) groups is 1. The molecule has 1 aliphatic carbocycles. The van der Waals surface area contributed by atoms with Crippen molar-refractivity contribution >= 4 is 5.91 Å². The van der Waals surface area contributed by atoms with Gasteiger partial charge in [0.2, 0.25) is 5.91 Å². The van der Waals surface area contributed by atoms with Crippen molar-refractivity contribution in [1.29, 1.82) is 0 Å². The van der Waals surface area contributed by atoms with Crippen LogP contribution in [0.1, 0.15) is 44.9 Å². The molecule has 1 amide bonds. The number of hydrogen-bond donors (Lipinski definition) is 0. The predicted octanol–water partition coefficient (Wildman–Crippen LogP) is 2.74. The fraction of sp³-hybridized carbons (Fsp3) is 0.750. The minimum absolute atomic E-state index is 0.0653. The topological polar surface area (TPSA) is 20.3 Å². The highest BCUT2D eigenvalue weighted by molar-refractivity contribution is 5.86. The van der Waals surface area contributed by atoms with Crippen molar-refractivity contribution in [2.24, 2.45) is 0 Å². The molecule has 1 saturated carbocycles. The van der Waals surface area contributed by atoms with E-state index in [2.05, 4.69) is 6.58 Å². The third-order valence-electron chi connectivity index (χ3n) is 3.14. The summed E-state index contributed by atoms with van der Waals surface area (Å²) in [7, 11) is 1.90. The molecule has 0 bridgehead atoms. The van der Waals surface area contributed by atoms with Crippen LogP contribution < -0.4 is 0 Å². The summed E-state index contributed by atoms with van der Waals surface area (Å²) in [5.74, 6) is 0.0653. The van der Waals surface area contributed by atoms with E-state index in [9.17, 15) is 4.79 Å². The molecule has 0 atom stereocenters. The van der Waals surface area contributed by atoms with Gasteiger partial charge < -0.3 is 4.90 Å². The van der Waals surface area contributed by atoms with Crippen LogP contribution in [-0.2, 0) is 4.79 Å². The predicted molar refractivity (Wildman–Crippen MR) is 59.1 cm³/mol. The zero-order valence-electron chi connectivity index (χ0n) is 9.17. The second-order valence-corrected chi connectivity index (χ2v) is 4.15. The normalized spacial score (nSPS) is 19.5. The molecule has 0 spiro atoms. The van der Waals surface area contributed by atoms with E-state index in [1.165, 1.54) is 38.2 Å². The Morgan fingerprint density at radius 3 is 2.21 bits per heavy atom. The summed E-state index contributed by atoms with van der Waals surface area (Å²) >= 11 is 0. The van der Waals surface area contributed by atoms with Crippen LogP contribution in [0.15, 0.2) is 12.7 Å². The number of amides is 1. The SMILES string of the molecule is C=CC(=O)N(C)C1CCCCCCC1. The van der Waals surface area contributed by atoms with E-state index in [0.29, 0.717) is 6.04 Å². The highest BCUT2D eigenvalue weighted by Gasteiger charge is 2.18. The van der Waals surface area contributed by atoms with Crippen molar-refractivity contribution < 1.29 is 4.79 Å². The van der Waals surface area contributed by atoms with Crippen molar-refractivity contribution in [2.75, 3.05) is 7.05 Å². The minimum atomic E-state index is 0.0653. The van der Waals surface area contributed by atoms with E-state index in [1.54, 1.807) is 0 Å². The second-order valence-electron chi connectivity index (χ2n) is 4.15. The van der Waals surface area contributed by atoms with Crippen LogP contribution in [0.25, 0.3) is 0 Å². The average Bonchev–Trinajstić information content (AvgIpc) is 2.15. The summed E-state index contributed by atoms with van der Waals surface area (Å²) < 4.78 is 0. The zero-order valence-corrected chi connectivity index (χ0v) is 9.17. The lowest BCUT2D eigenvalue weighted by Crippen LogP contribution is -2.36. The van der Waals surface area contributed by atoms with Crippen LogP contribution in [0.2, 0.25) is 0 Å². The van der Waals surface area contributed by atoms with E-state index in [-0.39, 0.29) is 5.91 Å². The quantitative estimate of drug-likeness (QED) is 0.620. The van der Waals surface area contributed by atoms with Gasteiger partial charge in [-0.05, 0) is 18.9 Å². The summed E-state index contributed by atoms with van der Waals surface area (Å²) in [5.41, 5.74) is 0. The maximum absolute atomic E-state index is 11.4. The van der Waals surface area contributed by atoms with Gasteiger partial charge in [0, 0.05) is 13.1 Å². The van der Waals surface area contributed by atoms with Crippen LogP contribution in [0.5, 0.6) is 0 Å². The third kappa shape index (κ3) is 3.17. The fourth-order valence-electron chi connectivity index (χ4n) is 2.15. The monoisotopic (exact) mass is 195 g/mol. The Morgan fingerprint density at radius 2 is 1.71 bits per heavy atom. The fourth-order valence-corrected chi connectivity index (χ4v) is 2.15. The lowest BCUT2D eigenvalue weighted by atomic mass is 9.96. The van der Waals surface area contributed by atoms with Crippen molar-refractivity contribution in [1.82, 2.24) is 4.90 Å². The summed E-state index contributed by atoms with van der Waals surface area (Å²) in [6, 6.07) is 0.445. The molecular formula is C12H21NO. The first kappa shape index (κ1) is 11.3. The maximum Gasteiger partial charge on any atom is 0.245 e. The molecule has 1 fully saturated rings. The molecule has 14 heavy (non-hydrogen) atoms. The lowest BCUT2D eigenvalue weighted by molar-refractivity contribution is -0.127. The van der Waals surface area contributed by atoms with Crippen molar-refractivity contribution in [3.63, 3.8) is 0 Å². The van der Waals surface area contributed by atoms with Crippen molar-refractivity contribution in [3.05, 3.63) is 12.7 Å². The Kier molecular flexibility index (Phi) is 4.71. The Bertz CT molecular complexity index is 192. The Morgan fingerprint density at radius 1 is 1.21 bits per heavy atom. The first-order valence-electron chi connectivity index (χ1n) is 5.65. The van der Waals surface area contributed by atoms with E-state index < -0.39 is 0 Å². The van der Waals surface area contributed by atoms with Crippen LogP contribution >= 0.6 is 0 Å². The van der Waals surface area contributed by atoms with Gasteiger partial charge in [-0.25, -0.2) is 0 Å². The second kappa shape index (κ2) is 5.84. The first-order valence-corrected chi connectivity index (χ1v) is 5.65. The average molecular weight is 195 g/mol. The highest BCUT2D eigenvalue weighted by atomic mass is 16.2. The van der Waals surface area contributed by atoms with Crippen LogP contribution in [-0.4, -0.2) is 23.9 Å². The zero-order chi connectivity index (χ0) is 10.4. The van der Waals surface area contributed by atoms with E-state index >= 15 is 0 Å². The molecule has 0 heterocycles. The summed E-state index contributed by atoms with van der Waals surface area (Å²) in [6.07, 6.45) is 10.3. The highest BCUT2D eigenvalue weighted by Crippen LogP contribution is 2.20. The van der Waals surface area contributed by atoms with Gasteiger partial charge in [-0.2, -0.15) is 0 Å². The summed E-state index contributed by atoms with van der Waals surface area (Å²) in [5, 5.41) is 0. The molecule has 0 radical (unpaired) electrons. The minimum Gasteiger partial charge on any atom is -0.339 e. The van der Waals surface area contributed by atoms with Crippen molar-refractivity contribution in [3.8, 4) is 0 Å². The molecule has 1 rings (SSSR count). The van der Waals surface area contributed by atoms with Gasteiger partial charge in [0.05, 0.1) is 0 Å². The summed E-state index contributed by atoms with van der Waals surface area (Å²) in [4.78, 5) is 13.3. The van der Waals surface area contributed by atoms with Crippen LogP contribution in [0.3, 0.4) is 0 Å². The molecule has 0 N–H and O–H groups in total. The number of likely N-dealkylation sites (N-methyl/N-ethyl adjacent to an activating group) is 1. The van der Waals surface area contributed by atoms with Gasteiger partial charge in [0.1, 0.15) is 0 Å². The number of nitrogens with zero attached hydrogens (tertiary/aromatic N) is 1. The van der Waals surface area contributed by atoms with Crippen molar-refractivity contribution in [2.45, 2.75) is 51.0 Å². The van der Waals surface area contributed by atoms with E-state index in [0.717, 1.165) is 12.8 Å². The Balaban J connectivity index is 2.46. The van der Waals surface area contributed by atoms with Gasteiger partial charge >= 0.3 is 0 Å². The molecular weight excluding hydrogens is 174 g/mol. The van der Waals surface area contributed by atoms with Gasteiger partial charge in [0.25, 0.3) is 0 Å². The van der Waals surface area contributed by atoms with Gasteiger partial charge in [-0.3, -0.25) is 4.79 Å². The first-order chi connectivity index (χ1) is 6.75.